The Morgan fingerprint density at radius 1 is 1.17 bits per heavy atom. The number of phenols is 1. The van der Waals surface area contributed by atoms with E-state index >= 15 is 0 Å². The highest BCUT2D eigenvalue weighted by Gasteiger charge is 2.08. The number of amides is 1. The normalized spacial score (nSPS) is 10.6. The second-order valence-corrected chi connectivity index (χ2v) is 5.64. The van der Waals surface area contributed by atoms with Crippen molar-refractivity contribution in [2.75, 3.05) is 14.2 Å². The van der Waals surface area contributed by atoms with Gasteiger partial charge in [-0.1, -0.05) is 0 Å². The third-order valence-corrected chi connectivity index (χ3v) is 3.84. The lowest BCUT2D eigenvalue weighted by Crippen LogP contribution is -2.17. The van der Waals surface area contributed by atoms with Crippen LogP contribution in [0, 0.1) is 3.57 Å². The predicted molar refractivity (Wildman–Crippen MR) is 95.4 cm³/mol. The molecule has 0 unspecified atom stereocenters. The molecule has 0 aliphatic carbocycles. The quantitative estimate of drug-likeness (QED) is 0.438. The number of hydrogen-bond donors (Lipinski definition) is 2. The minimum Gasteiger partial charge on any atom is -0.504 e. The Labute approximate surface area is 147 Å². The summed E-state index contributed by atoms with van der Waals surface area (Å²) >= 11 is 2.09. The van der Waals surface area contributed by atoms with Gasteiger partial charge in [0.2, 0.25) is 0 Å². The zero-order valence-electron chi connectivity index (χ0n) is 12.5. The molecule has 2 aromatic rings. The van der Waals surface area contributed by atoms with Crippen molar-refractivity contribution in [1.82, 2.24) is 5.43 Å². The van der Waals surface area contributed by atoms with Gasteiger partial charge in [-0.3, -0.25) is 4.79 Å². The van der Waals surface area contributed by atoms with Gasteiger partial charge in [0.1, 0.15) is 5.75 Å². The first-order chi connectivity index (χ1) is 11.0. The van der Waals surface area contributed by atoms with Crippen LogP contribution in [0.3, 0.4) is 0 Å². The Kier molecular flexibility index (Phi) is 5.80. The van der Waals surface area contributed by atoms with Gasteiger partial charge in [-0.25, -0.2) is 5.43 Å². The minimum atomic E-state index is -0.334. The summed E-state index contributed by atoms with van der Waals surface area (Å²) in [5.74, 6) is 0.755. The summed E-state index contributed by atoms with van der Waals surface area (Å²) in [6.07, 6.45) is 1.44. The number of hydrogen-bond acceptors (Lipinski definition) is 5. The van der Waals surface area contributed by atoms with Crippen LogP contribution in [0.1, 0.15) is 15.9 Å². The molecule has 0 aromatic heterocycles. The molecule has 0 spiro atoms. The van der Waals surface area contributed by atoms with E-state index in [-0.39, 0.29) is 11.7 Å². The van der Waals surface area contributed by atoms with Crippen molar-refractivity contribution >= 4 is 34.7 Å². The molecule has 0 radical (unpaired) electrons. The average Bonchev–Trinajstić information content (AvgIpc) is 2.54. The fourth-order valence-corrected chi connectivity index (χ4v) is 2.56. The highest BCUT2D eigenvalue weighted by atomic mass is 127. The van der Waals surface area contributed by atoms with Gasteiger partial charge in [0, 0.05) is 5.56 Å². The fourth-order valence-electron chi connectivity index (χ4n) is 1.82. The molecule has 0 aliphatic heterocycles. The number of carbonyl (C=O) groups is 1. The summed E-state index contributed by atoms with van der Waals surface area (Å²) in [7, 11) is 3.05. The molecule has 0 atom stereocenters. The van der Waals surface area contributed by atoms with E-state index in [2.05, 4.69) is 33.1 Å². The molecule has 2 rings (SSSR count). The van der Waals surface area contributed by atoms with E-state index in [0.717, 1.165) is 3.57 Å². The largest absolute Gasteiger partial charge is 0.504 e. The van der Waals surface area contributed by atoms with Gasteiger partial charge < -0.3 is 14.6 Å². The van der Waals surface area contributed by atoms with Crippen molar-refractivity contribution in [3.8, 4) is 17.2 Å². The molecule has 6 nitrogen and oxygen atoms in total. The first-order valence-electron chi connectivity index (χ1n) is 6.59. The lowest BCUT2D eigenvalue weighted by atomic mass is 10.2. The number of carbonyl (C=O) groups excluding carboxylic acids is 1. The minimum absolute atomic E-state index is 0.00693. The molecule has 0 aliphatic rings. The van der Waals surface area contributed by atoms with Crippen LogP contribution in [-0.2, 0) is 0 Å². The number of nitrogens with one attached hydrogen (secondary N) is 1. The third kappa shape index (κ3) is 4.35. The van der Waals surface area contributed by atoms with E-state index in [1.165, 1.54) is 19.4 Å². The van der Waals surface area contributed by atoms with Crippen molar-refractivity contribution in [1.29, 1.82) is 0 Å². The van der Waals surface area contributed by atoms with Gasteiger partial charge in [0.05, 0.1) is 24.0 Å². The van der Waals surface area contributed by atoms with Crippen LogP contribution in [0.5, 0.6) is 17.2 Å². The number of halogens is 1. The number of benzene rings is 2. The Balaban J connectivity index is 2.03. The Morgan fingerprint density at radius 3 is 2.48 bits per heavy atom. The van der Waals surface area contributed by atoms with Crippen LogP contribution in [0.4, 0.5) is 0 Å². The number of aromatic hydroxyl groups is 1. The number of nitrogens with zero attached hydrogens (tertiary/aromatic N) is 1. The monoisotopic (exact) mass is 426 g/mol. The molecule has 0 heterocycles. The van der Waals surface area contributed by atoms with Crippen molar-refractivity contribution in [2.24, 2.45) is 5.10 Å². The second kappa shape index (κ2) is 7.82. The number of rotatable bonds is 5. The molecule has 1 amide bonds. The van der Waals surface area contributed by atoms with Crippen LogP contribution < -0.4 is 14.9 Å². The maximum Gasteiger partial charge on any atom is 0.271 e. The SMILES string of the molecule is COc1ccc(/C=N/NC(=O)c2ccc(OC)c(I)c2)cc1O. The molecule has 0 saturated carbocycles. The molecular formula is C16H15IN2O4. The number of ether oxygens (including phenoxy) is 2. The summed E-state index contributed by atoms with van der Waals surface area (Å²) in [5.41, 5.74) is 3.54. The Hall–Kier alpha value is -2.29. The number of methoxy groups -OCH3 is 2. The van der Waals surface area contributed by atoms with Gasteiger partial charge in [-0.05, 0) is 64.6 Å². The van der Waals surface area contributed by atoms with Gasteiger partial charge >= 0.3 is 0 Å². The number of hydrazone groups is 1. The summed E-state index contributed by atoms with van der Waals surface area (Å²) in [6, 6.07) is 9.91. The molecule has 0 fully saturated rings. The molecule has 120 valence electrons. The van der Waals surface area contributed by atoms with Crippen LogP contribution in [0.2, 0.25) is 0 Å². The third-order valence-electron chi connectivity index (χ3n) is 3.00. The van der Waals surface area contributed by atoms with E-state index < -0.39 is 0 Å². The second-order valence-electron chi connectivity index (χ2n) is 4.48. The topological polar surface area (TPSA) is 80.2 Å². The maximum absolute atomic E-state index is 12.0. The summed E-state index contributed by atoms with van der Waals surface area (Å²) in [6.45, 7) is 0. The van der Waals surface area contributed by atoms with E-state index in [1.807, 2.05) is 0 Å². The van der Waals surface area contributed by atoms with E-state index in [1.54, 1.807) is 37.4 Å². The van der Waals surface area contributed by atoms with Crippen LogP contribution >= 0.6 is 22.6 Å². The zero-order chi connectivity index (χ0) is 16.8. The Bertz CT molecular complexity index is 747. The van der Waals surface area contributed by atoms with Crippen molar-refractivity contribution < 1.29 is 19.4 Å². The predicted octanol–water partition coefficient (Wildman–Crippen LogP) is 2.78. The number of phenolic OH excluding ortho intramolecular Hbond substituents is 1. The van der Waals surface area contributed by atoms with Gasteiger partial charge in [0.15, 0.2) is 11.5 Å². The fraction of sp³-hybridized carbons (Fsp3) is 0.125. The molecule has 2 N–H and O–H groups in total. The standard InChI is InChI=1S/C16H15IN2O4/c1-22-14-6-4-11(8-12(14)17)16(21)19-18-9-10-3-5-15(23-2)13(20)7-10/h3-9,20H,1-2H3,(H,19,21)/b18-9+. The average molecular weight is 426 g/mol. The highest BCUT2D eigenvalue weighted by Crippen LogP contribution is 2.25. The van der Waals surface area contributed by atoms with E-state index in [0.29, 0.717) is 22.6 Å². The smallest absolute Gasteiger partial charge is 0.271 e. The van der Waals surface area contributed by atoms with Crippen LogP contribution in [-0.4, -0.2) is 31.4 Å². The first kappa shape index (κ1) is 17.1. The van der Waals surface area contributed by atoms with E-state index in [4.69, 9.17) is 9.47 Å². The molecule has 23 heavy (non-hydrogen) atoms. The molecular weight excluding hydrogens is 411 g/mol. The summed E-state index contributed by atoms with van der Waals surface area (Å²) in [4.78, 5) is 12.0. The van der Waals surface area contributed by atoms with Crippen molar-refractivity contribution in [3.05, 3.63) is 51.1 Å². The maximum atomic E-state index is 12.0. The summed E-state index contributed by atoms with van der Waals surface area (Å²) in [5, 5.41) is 13.5. The van der Waals surface area contributed by atoms with Gasteiger partial charge in [-0.2, -0.15) is 5.10 Å². The molecule has 0 saturated heterocycles. The van der Waals surface area contributed by atoms with E-state index in [9.17, 15) is 9.90 Å². The molecule has 0 bridgehead atoms. The van der Waals surface area contributed by atoms with Crippen LogP contribution in [0.25, 0.3) is 0 Å². The lowest BCUT2D eigenvalue weighted by molar-refractivity contribution is 0.0955. The van der Waals surface area contributed by atoms with Crippen LogP contribution in [0.15, 0.2) is 41.5 Å². The lowest BCUT2D eigenvalue weighted by Gasteiger charge is -2.05. The van der Waals surface area contributed by atoms with Gasteiger partial charge in [0.25, 0.3) is 5.91 Å². The summed E-state index contributed by atoms with van der Waals surface area (Å²) < 4.78 is 10.9. The van der Waals surface area contributed by atoms with Gasteiger partial charge in [-0.15, -0.1) is 0 Å². The van der Waals surface area contributed by atoms with Crippen molar-refractivity contribution in [2.45, 2.75) is 0 Å². The molecule has 2 aromatic carbocycles. The first-order valence-corrected chi connectivity index (χ1v) is 7.67. The molecule has 7 heteroatoms. The van der Waals surface area contributed by atoms with Crippen molar-refractivity contribution in [3.63, 3.8) is 0 Å². The highest BCUT2D eigenvalue weighted by molar-refractivity contribution is 14.1. The zero-order valence-corrected chi connectivity index (χ0v) is 14.7. The Morgan fingerprint density at radius 2 is 1.87 bits per heavy atom.